The topological polar surface area (TPSA) is 59.4 Å². The summed E-state index contributed by atoms with van der Waals surface area (Å²) in [6.45, 7) is 3.69. The number of carboxylic acid groups (broad SMARTS) is 1. The quantitative estimate of drug-likeness (QED) is 0.840. The fraction of sp³-hybridized carbons (Fsp3) is 0.111. The number of rotatable bonds is 4. The summed E-state index contributed by atoms with van der Waals surface area (Å²) in [4.78, 5) is 14.6. The average Bonchev–Trinajstić information content (AvgIpc) is 2.15. The molecule has 1 heterocycles. The van der Waals surface area contributed by atoms with E-state index in [1.807, 2.05) is 0 Å². The van der Waals surface area contributed by atoms with Crippen molar-refractivity contribution in [3.63, 3.8) is 0 Å². The lowest BCUT2D eigenvalue weighted by Crippen LogP contribution is -2.04. The number of hydrogen-bond donors (Lipinski definition) is 1. The number of halogens is 1. The minimum atomic E-state index is -1.07. The molecule has 0 aliphatic rings. The highest BCUT2D eigenvalue weighted by Gasteiger charge is 2.12. The summed E-state index contributed by atoms with van der Waals surface area (Å²) >= 11 is 3.13. The molecule has 0 saturated heterocycles. The van der Waals surface area contributed by atoms with Gasteiger partial charge in [0.25, 0.3) is 0 Å². The van der Waals surface area contributed by atoms with Gasteiger partial charge in [0.15, 0.2) is 0 Å². The van der Waals surface area contributed by atoms with Gasteiger partial charge in [0.2, 0.25) is 5.88 Å². The monoisotopic (exact) mass is 257 g/mol. The van der Waals surface area contributed by atoms with Gasteiger partial charge in [0, 0.05) is 10.7 Å². The number of pyridine rings is 1. The van der Waals surface area contributed by atoms with Crippen molar-refractivity contribution in [3.8, 4) is 5.88 Å². The number of nitrogens with zero attached hydrogens (tertiary/aromatic N) is 1. The number of ether oxygens (including phenoxy) is 1. The van der Waals surface area contributed by atoms with Crippen LogP contribution in [0.5, 0.6) is 5.88 Å². The molecular formula is C9H8BrNO3. The molecule has 0 aliphatic heterocycles. The van der Waals surface area contributed by atoms with Crippen molar-refractivity contribution in [2.24, 2.45) is 0 Å². The first-order valence-corrected chi connectivity index (χ1v) is 4.57. The highest BCUT2D eigenvalue weighted by atomic mass is 79.9. The molecule has 0 bridgehead atoms. The zero-order valence-electron chi connectivity index (χ0n) is 7.24. The summed E-state index contributed by atoms with van der Waals surface area (Å²) in [6, 6.07) is 1.44. The molecular weight excluding hydrogens is 250 g/mol. The molecule has 0 radical (unpaired) electrons. The molecule has 0 fully saturated rings. The van der Waals surface area contributed by atoms with E-state index < -0.39 is 5.97 Å². The molecule has 0 aromatic carbocycles. The molecule has 1 N–H and O–H groups in total. The normalized spacial score (nSPS) is 9.50. The van der Waals surface area contributed by atoms with Crippen LogP contribution < -0.4 is 4.74 Å². The third-order valence-electron chi connectivity index (χ3n) is 1.39. The van der Waals surface area contributed by atoms with Crippen LogP contribution in [-0.2, 0) is 0 Å². The van der Waals surface area contributed by atoms with Crippen LogP contribution in [0.2, 0.25) is 0 Å². The summed E-state index contributed by atoms with van der Waals surface area (Å²) in [5.41, 5.74) is 0.0289. The van der Waals surface area contributed by atoms with E-state index in [4.69, 9.17) is 9.84 Å². The van der Waals surface area contributed by atoms with Gasteiger partial charge in [-0.15, -0.1) is 0 Å². The van der Waals surface area contributed by atoms with Gasteiger partial charge in [-0.3, -0.25) is 0 Å². The Labute approximate surface area is 89.4 Å². The molecule has 1 aromatic heterocycles. The second kappa shape index (κ2) is 4.76. The van der Waals surface area contributed by atoms with Crippen molar-refractivity contribution >= 4 is 21.9 Å². The Morgan fingerprint density at radius 3 is 3.07 bits per heavy atom. The Hall–Kier alpha value is -1.36. The van der Waals surface area contributed by atoms with Gasteiger partial charge < -0.3 is 9.84 Å². The Bertz CT molecular complexity index is 365. The van der Waals surface area contributed by atoms with E-state index in [0.29, 0.717) is 4.47 Å². The number of carbonyl (C=O) groups is 1. The first kappa shape index (κ1) is 10.7. The zero-order chi connectivity index (χ0) is 10.6. The molecule has 4 nitrogen and oxygen atoms in total. The number of aromatic carboxylic acids is 1. The van der Waals surface area contributed by atoms with Crippen molar-refractivity contribution in [1.29, 1.82) is 0 Å². The molecule has 14 heavy (non-hydrogen) atoms. The molecule has 0 amide bonds. The summed E-state index contributed by atoms with van der Waals surface area (Å²) in [7, 11) is 0. The Balaban J connectivity index is 3.01. The van der Waals surface area contributed by atoms with Crippen molar-refractivity contribution in [2.45, 2.75) is 0 Å². The van der Waals surface area contributed by atoms with Crippen LogP contribution in [-0.4, -0.2) is 22.7 Å². The number of carboxylic acids is 1. The number of aromatic nitrogens is 1. The minimum Gasteiger partial charge on any atom is -0.477 e. The van der Waals surface area contributed by atoms with E-state index in [-0.39, 0.29) is 18.1 Å². The molecule has 1 rings (SSSR count). The van der Waals surface area contributed by atoms with Crippen LogP contribution >= 0.6 is 15.9 Å². The second-order valence-electron chi connectivity index (χ2n) is 2.41. The second-order valence-corrected chi connectivity index (χ2v) is 3.33. The van der Waals surface area contributed by atoms with Crippen LogP contribution in [0.1, 0.15) is 10.4 Å². The summed E-state index contributed by atoms with van der Waals surface area (Å²) in [6.07, 6.45) is 3.00. The Morgan fingerprint density at radius 2 is 2.50 bits per heavy atom. The highest BCUT2D eigenvalue weighted by Crippen LogP contribution is 2.19. The van der Waals surface area contributed by atoms with Gasteiger partial charge in [-0.25, -0.2) is 9.78 Å². The molecule has 0 aliphatic carbocycles. The van der Waals surface area contributed by atoms with Crippen molar-refractivity contribution in [1.82, 2.24) is 4.98 Å². The fourth-order valence-electron chi connectivity index (χ4n) is 0.833. The van der Waals surface area contributed by atoms with Gasteiger partial charge in [0.05, 0.1) is 0 Å². The largest absolute Gasteiger partial charge is 0.477 e. The maximum absolute atomic E-state index is 10.8. The van der Waals surface area contributed by atoms with Crippen LogP contribution in [0.15, 0.2) is 29.4 Å². The van der Waals surface area contributed by atoms with Gasteiger partial charge in [-0.05, 0) is 22.0 Å². The minimum absolute atomic E-state index is 0.0289. The number of hydrogen-bond acceptors (Lipinski definition) is 3. The van der Waals surface area contributed by atoms with E-state index >= 15 is 0 Å². The SMILES string of the molecule is C=CCOc1ncc(Br)cc1C(=O)O. The van der Waals surface area contributed by atoms with E-state index in [2.05, 4.69) is 27.5 Å². The van der Waals surface area contributed by atoms with Gasteiger partial charge >= 0.3 is 5.97 Å². The van der Waals surface area contributed by atoms with Gasteiger partial charge in [0.1, 0.15) is 12.2 Å². The molecule has 1 aromatic rings. The standard InChI is InChI=1S/C9H8BrNO3/c1-2-3-14-8-7(9(12)13)4-6(10)5-11-8/h2,4-5H,1,3H2,(H,12,13). The maximum atomic E-state index is 10.8. The average molecular weight is 258 g/mol. The van der Waals surface area contributed by atoms with Crippen molar-refractivity contribution in [3.05, 3.63) is 35.0 Å². The molecule has 0 saturated carbocycles. The van der Waals surface area contributed by atoms with E-state index in [1.54, 1.807) is 0 Å². The van der Waals surface area contributed by atoms with E-state index in [1.165, 1.54) is 18.3 Å². The van der Waals surface area contributed by atoms with Gasteiger partial charge in [-0.2, -0.15) is 0 Å². The predicted octanol–water partition coefficient (Wildman–Crippen LogP) is 2.11. The van der Waals surface area contributed by atoms with Crippen LogP contribution in [0.4, 0.5) is 0 Å². The van der Waals surface area contributed by atoms with Crippen LogP contribution in [0, 0.1) is 0 Å². The van der Waals surface area contributed by atoms with E-state index in [9.17, 15) is 4.79 Å². The third kappa shape index (κ3) is 2.56. The fourth-order valence-corrected chi connectivity index (χ4v) is 1.16. The van der Waals surface area contributed by atoms with E-state index in [0.717, 1.165) is 0 Å². The summed E-state index contributed by atoms with van der Waals surface area (Å²) < 4.78 is 5.67. The van der Waals surface area contributed by atoms with Crippen LogP contribution in [0.3, 0.4) is 0 Å². The highest BCUT2D eigenvalue weighted by molar-refractivity contribution is 9.10. The molecule has 0 spiro atoms. The first-order valence-electron chi connectivity index (χ1n) is 3.77. The molecule has 0 unspecified atom stereocenters. The maximum Gasteiger partial charge on any atom is 0.341 e. The third-order valence-corrected chi connectivity index (χ3v) is 1.82. The van der Waals surface area contributed by atoms with Crippen LogP contribution in [0.25, 0.3) is 0 Å². The summed E-state index contributed by atoms with van der Waals surface area (Å²) in [5.74, 6) is -0.974. The first-order chi connectivity index (χ1) is 6.65. The smallest absolute Gasteiger partial charge is 0.341 e. The zero-order valence-corrected chi connectivity index (χ0v) is 8.82. The van der Waals surface area contributed by atoms with Crippen molar-refractivity contribution < 1.29 is 14.6 Å². The summed E-state index contributed by atoms with van der Waals surface area (Å²) in [5, 5.41) is 8.82. The van der Waals surface area contributed by atoms with Gasteiger partial charge in [-0.1, -0.05) is 12.7 Å². The molecule has 5 heteroatoms. The predicted molar refractivity (Wildman–Crippen MR) is 54.6 cm³/mol. The lowest BCUT2D eigenvalue weighted by Gasteiger charge is -2.05. The molecule has 0 atom stereocenters. The lowest BCUT2D eigenvalue weighted by molar-refractivity contribution is 0.0691. The lowest BCUT2D eigenvalue weighted by atomic mass is 10.3. The Kier molecular flexibility index (Phi) is 3.64. The van der Waals surface area contributed by atoms with Crippen molar-refractivity contribution in [2.75, 3.05) is 6.61 Å². The molecule has 74 valence electrons. The Morgan fingerprint density at radius 1 is 1.79 bits per heavy atom.